The predicted molar refractivity (Wildman–Crippen MR) is 168 cm³/mol. The van der Waals surface area contributed by atoms with Crippen LogP contribution in [0.25, 0.3) is 22.0 Å². The van der Waals surface area contributed by atoms with Gasteiger partial charge in [-0.3, -0.25) is 0 Å². The fraction of sp³-hybridized carbons (Fsp3) is 0.243. The van der Waals surface area contributed by atoms with E-state index in [1.807, 2.05) is 0 Å². The molecule has 0 aliphatic carbocycles. The number of hydrogen-bond acceptors (Lipinski definition) is 2. The van der Waals surface area contributed by atoms with E-state index >= 15 is 0 Å². The van der Waals surface area contributed by atoms with Gasteiger partial charge in [-0.2, -0.15) is 0 Å². The second kappa shape index (κ2) is 9.16. The van der Waals surface area contributed by atoms with Crippen molar-refractivity contribution in [1.82, 2.24) is 4.40 Å². The largest absolute Gasteiger partial charge is 0.364 e. The topological polar surface area (TPSA) is 10.9 Å². The van der Waals surface area contributed by atoms with Crippen LogP contribution >= 0.6 is 0 Å². The molecule has 5 aromatic rings. The molecule has 8 bridgehead atoms. The van der Waals surface area contributed by atoms with Crippen molar-refractivity contribution >= 4 is 33.4 Å². The van der Waals surface area contributed by atoms with Gasteiger partial charge in [-0.1, -0.05) is 35.9 Å². The van der Waals surface area contributed by atoms with Crippen LogP contribution in [0.5, 0.6) is 0 Å². The molecule has 3 nitrogen and oxygen atoms in total. The van der Waals surface area contributed by atoms with E-state index in [0.717, 1.165) is 19.4 Å². The minimum Gasteiger partial charge on any atom is -0.364 e. The summed E-state index contributed by atoms with van der Waals surface area (Å²) in [7, 11) is 0. The van der Waals surface area contributed by atoms with E-state index < -0.39 is 0 Å². The molecule has 3 aliphatic rings. The number of anilines is 2. The Morgan fingerprint density at radius 2 is 1.73 bits per heavy atom. The Balaban J connectivity index is 1.33. The number of aryl methyl sites for hydroxylation is 2. The van der Waals surface area contributed by atoms with Crippen LogP contribution in [0.4, 0.5) is 11.4 Å². The van der Waals surface area contributed by atoms with E-state index in [2.05, 4.69) is 132 Å². The molecular formula is C37H35N3. The van der Waals surface area contributed by atoms with Crippen molar-refractivity contribution in [3.05, 3.63) is 131 Å². The number of fused-ring (bicyclic) bond motifs is 14. The minimum atomic E-state index is 0.361. The molecule has 3 aromatic carbocycles. The van der Waals surface area contributed by atoms with Gasteiger partial charge >= 0.3 is 0 Å². The standard InChI is InChI=1S/C37H35N3/c1-25-8-11-31(12-9-25)39-17-14-27-18-28-19-30-22-33-7-3-4-16-40(33)37(30)35(20-28)29-6-5-15-38(24-29)32-13-10-26(2)34(23-32)36(39)21-27/h3-5,7-13,15-16,19-20,22-24,27,36H,6,14,17-18,21H2,1-2H3. The third-order valence-corrected chi connectivity index (χ3v) is 9.40. The number of aromatic nitrogens is 1. The van der Waals surface area contributed by atoms with Crippen molar-refractivity contribution in [3.8, 4) is 0 Å². The molecular weight excluding hydrogens is 486 g/mol. The fourth-order valence-corrected chi connectivity index (χ4v) is 7.34. The molecule has 0 N–H and O–H groups in total. The minimum absolute atomic E-state index is 0.361. The lowest BCUT2D eigenvalue weighted by atomic mass is 9.81. The van der Waals surface area contributed by atoms with E-state index in [-0.39, 0.29) is 0 Å². The average Bonchev–Trinajstić information content (AvgIpc) is 3.36. The summed E-state index contributed by atoms with van der Waals surface area (Å²) in [6, 6.07) is 30.4. The highest BCUT2D eigenvalue weighted by Crippen LogP contribution is 2.43. The van der Waals surface area contributed by atoms with Gasteiger partial charge in [0.15, 0.2) is 0 Å². The lowest BCUT2D eigenvalue weighted by Crippen LogP contribution is -2.38. The first-order chi connectivity index (χ1) is 19.6. The SMILES string of the molecule is Cc1ccc(N2CCC3Cc4cc(c5c(c4)cc4ccccn45)C4=CN(C=CC4)c4ccc(C)c(c4)C2C3)cc1. The summed E-state index contributed by atoms with van der Waals surface area (Å²) in [4.78, 5) is 5.01. The molecule has 0 radical (unpaired) electrons. The van der Waals surface area contributed by atoms with E-state index in [4.69, 9.17) is 0 Å². The molecule has 2 aromatic heterocycles. The van der Waals surface area contributed by atoms with Gasteiger partial charge in [0.1, 0.15) is 0 Å². The van der Waals surface area contributed by atoms with Gasteiger partial charge in [-0.25, -0.2) is 0 Å². The Labute approximate surface area is 236 Å². The van der Waals surface area contributed by atoms with Gasteiger partial charge in [0.2, 0.25) is 0 Å². The number of hydrogen-bond donors (Lipinski definition) is 0. The summed E-state index contributed by atoms with van der Waals surface area (Å²) in [5.74, 6) is 0.643. The number of piperidine rings is 1. The molecule has 0 amide bonds. The first kappa shape index (κ1) is 23.6. The fourth-order valence-electron chi connectivity index (χ4n) is 7.34. The van der Waals surface area contributed by atoms with Crippen LogP contribution in [0.1, 0.15) is 53.1 Å². The molecule has 2 unspecified atom stereocenters. The van der Waals surface area contributed by atoms with Crippen LogP contribution < -0.4 is 9.80 Å². The van der Waals surface area contributed by atoms with Crippen molar-refractivity contribution in [2.24, 2.45) is 5.92 Å². The summed E-state index contributed by atoms with van der Waals surface area (Å²) in [6.45, 7) is 5.55. The quantitative estimate of drug-likeness (QED) is 0.218. The van der Waals surface area contributed by atoms with Crippen LogP contribution in [0.15, 0.2) is 104 Å². The Bertz CT molecular complexity index is 1820. The Morgan fingerprint density at radius 3 is 2.62 bits per heavy atom. The van der Waals surface area contributed by atoms with E-state index in [1.54, 1.807) is 0 Å². The molecule has 1 fully saturated rings. The van der Waals surface area contributed by atoms with Crippen LogP contribution in [0.3, 0.4) is 0 Å². The van der Waals surface area contributed by atoms with Gasteiger partial charge in [0.05, 0.1) is 11.6 Å². The van der Waals surface area contributed by atoms with Crippen molar-refractivity contribution in [2.45, 2.75) is 45.6 Å². The van der Waals surface area contributed by atoms with Crippen LogP contribution in [-0.2, 0) is 6.42 Å². The van der Waals surface area contributed by atoms with Crippen molar-refractivity contribution in [1.29, 1.82) is 0 Å². The normalized spacial score (nSPS) is 20.2. The molecule has 40 heavy (non-hydrogen) atoms. The van der Waals surface area contributed by atoms with Gasteiger partial charge in [0, 0.05) is 53.0 Å². The average molecular weight is 522 g/mol. The highest BCUT2D eigenvalue weighted by atomic mass is 15.2. The molecule has 3 aliphatic heterocycles. The smallest absolute Gasteiger partial charge is 0.0604 e. The number of nitrogens with zero attached hydrogens (tertiary/aromatic N) is 3. The van der Waals surface area contributed by atoms with Gasteiger partial charge in [0.25, 0.3) is 0 Å². The zero-order chi connectivity index (χ0) is 26.8. The molecule has 2 atom stereocenters. The number of rotatable bonds is 1. The summed E-state index contributed by atoms with van der Waals surface area (Å²) in [5, 5.41) is 1.35. The lowest BCUT2D eigenvalue weighted by molar-refractivity contribution is 0.342. The van der Waals surface area contributed by atoms with Crippen LogP contribution in [0.2, 0.25) is 0 Å². The number of pyridine rings is 1. The van der Waals surface area contributed by atoms with Crippen LogP contribution in [0, 0.1) is 19.8 Å². The highest BCUT2D eigenvalue weighted by Gasteiger charge is 2.32. The summed E-state index contributed by atoms with van der Waals surface area (Å²) in [5.41, 5.74) is 13.5. The Morgan fingerprint density at radius 1 is 0.850 bits per heavy atom. The second-order valence-electron chi connectivity index (χ2n) is 12.1. The maximum atomic E-state index is 2.67. The van der Waals surface area contributed by atoms with E-state index in [0.29, 0.717) is 12.0 Å². The third-order valence-electron chi connectivity index (χ3n) is 9.40. The molecule has 0 saturated carbocycles. The van der Waals surface area contributed by atoms with E-state index in [9.17, 15) is 0 Å². The zero-order valence-corrected chi connectivity index (χ0v) is 23.3. The maximum Gasteiger partial charge on any atom is 0.0604 e. The summed E-state index contributed by atoms with van der Waals surface area (Å²) < 4.78 is 2.37. The summed E-state index contributed by atoms with van der Waals surface area (Å²) in [6.07, 6.45) is 13.6. The van der Waals surface area contributed by atoms with Crippen molar-refractivity contribution in [3.63, 3.8) is 0 Å². The molecule has 5 heterocycles. The van der Waals surface area contributed by atoms with Crippen molar-refractivity contribution in [2.75, 3.05) is 16.3 Å². The molecule has 198 valence electrons. The molecule has 3 heteroatoms. The maximum absolute atomic E-state index is 2.67. The first-order valence-electron chi connectivity index (χ1n) is 14.7. The molecule has 0 spiro atoms. The summed E-state index contributed by atoms with van der Waals surface area (Å²) >= 11 is 0. The van der Waals surface area contributed by atoms with E-state index in [1.165, 1.54) is 74.0 Å². The second-order valence-corrected chi connectivity index (χ2v) is 12.1. The molecule has 1 saturated heterocycles. The van der Waals surface area contributed by atoms with Crippen LogP contribution in [-0.4, -0.2) is 10.9 Å². The predicted octanol–water partition coefficient (Wildman–Crippen LogP) is 8.99. The van der Waals surface area contributed by atoms with Gasteiger partial charge < -0.3 is 14.2 Å². The van der Waals surface area contributed by atoms with Gasteiger partial charge in [-0.05, 0) is 122 Å². The lowest BCUT2D eigenvalue weighted by Gasteiger charge is -2.42. The number of benzene rings is 3. The Kier molecular flexibility index (Phi) is 5.41. The highest BCUT2D eigenvalue weighted by molar-refractivity contribution is 5.97. The number of allylic oxidation sites excluding steroid dienone is 2. The zero-order valence-electron chi connectivity index (χ0n) is 23.3. The monoisotopic (exact) mass is 521 g/mol. The molecule has 8 rings (SSSR count). The van der Waals surface area contributed by atoms with Gasteiger partial charge in [-0.15, -0.1) is 0 Å². The van der Waals surface area contributed by atoms with Crippen molar-refractivity contribution < 1.29 is 0 Å². The first-order valence-corrected chi connectivity index (χ1v) is 14.7. The Hall–Kier alpha value is -4.24. The third kappa shape index (κ3) is 3.87.